The Kier molecular flexibility index (Phi) is 4.04. The van der Waals surface area contributed by atoms with E-state index in [4.69, 9.17) is 4.52 Å². The third kappa shape index (κ3) is 3.04. The molecular formula is C14H15BrN2O2. The van der Waals surface area contributed by atoms with E-state index in [2.05, 4.69) is 26.4 Å². The first-order chi connectivity index (χ1) is 8.99. The maximum absolute atomic E-state index is 12.1. The molecule has 1 amide bonds. The van der Waals surface area contributed by atoms with Gasteiger partial charge in [0.2, 0.25) is 5.88 Å². The molecule has 0 aliphatic carbocycles. The van der Waals surface area contributed by atoms with Crippen molar-refractivity contribution in [3.8, 4) is 0 Å². The van der Waals surface area contributed by atoms with Crippen LogP contribution in [-0.4, -0.2) is 11.1 Å². The topological polar surface area (TPSA) is 55.1 Å². The van der Waals surface area contributed by atoms with E-state index in [0.717, 1.165) is 15.7 Å². The SMILES string of the molecule is Cc1c(Br)cccc1C(=O)Nc1cc(C(C)C)no1. The molecule has 0 aliphatic heterocycles. The summed E-state index contributed by atoms with van der Waals surface area (Å²) >= 11 is 3.41. The maximum atomic E-state index is 12.1. The van der Waals surface area contributed by atoms with Crippen LogP contribution in [0.25, 0.3) is 0 Å². The summed E-state index contributed by atoms with van der Waals surface area (Å²) in [6, 6.07) is 7.24. The minimum Gasteiger partial charge on any atom is -0.338 e. The Bertz CT molecular complexity index is 605. The molecule has 100 valence electrons. The van der Waals surface area contributed by atoms with E-state index in [1.54, 1.807) is 12.1 Å². The van der Waals surface area contributed by atoms with Crippen molar-refractivity contribution in [3.63, 3.8) is 0 Å². The van der Waals surface area contributed by atoms with E-state index in [1.807, 2.05) is 32.9 Å². The first-order valence-corrected chi connectivity index (χ1v) is 6.81. The van der Waals surface area contributed by atoms with E-state index in [9.17, 15) is 4.79 Å². The first kappa shape index (κ1) is 13.8. The zero-order valence-electron chi connectivity index (χ0n) is 11.0. The predicted octanol–water partition coefficient (Wildman–Crippen LogP) is 4.12. The van der Waals surface area contributed by atoms with Gasteiger partial charge in [0, 0.05) is 16.1 Å². The molecule has 0 fully saturated rings. The van der Waals surface area contributed by atoms with E-state index < -0.39 is 0 Å². The van der Waals surface area contributed by atoms with Crippen LogP contribution in [0.3, 0.4) is 0 Å². The maximum Gasteiger partial charge on any atom is 0.258 e. The number of anilines is 1. The van der Waals surface area contributed by atoms with Gasteiger partial charge in [0.05, 0.1) is 5.69 Å². The monoisotopic (exact) mass is 322 g/mol. The Morgan fingerprint density at radius 2 is 2.16 bits per heavy atom. The number of aromatic nitrogens is 1. The molecule has 0 unspecified atom stereocenters. The number of amides is 1. The fourth-order valence-corrected chi connectivity index (χ4v) is 2.02. The lowest BCUT2D eigenvalue weighted by Gasteiger charge is -2.06. The molecule has 1 heterocycles. The van der Waals surface area contributed by atoms with Crippen molar-refractivity contribution in [2.45, 2.75) is 26.7 Å². The summed E-state index contributed by atoms with van der Waals surface area (Å²) in [4.78, 5) is 12.1. The van der Waals surface area contributed by atoms with Crippen LogP contribution in [0.15, 0.2) is 33.3 Å². The Morgan fingerprint density at radius 1 is 1.42 bits per heavy atom. The number of nitrogens with zero attached hydrogens (tertiary/aromatic N) is 1. The number of hydrogen-bond acceptors (Lipinski definition) is 3. The van der Waals surface area contributed by atoms with Crippen molar-refractivity contribution in [1.82, 2.24) is 5.16 Å². The number of rotatable bonds is 3. The van der Waals surface area contributed by atoms with Gasteiger partial charge in [-0.15, -0.1) is 0 Å². The summed E-state index contributed by atoms with van der Waals surface area (Å²) in [5.41, 5.74) is 2.32. The normalized spacial score (nSPS) is 10.8. The average molecular weight is 323 g/mol. The number of nitrogens with one attached hydrogen (secondary N) is 1. The number of carbonyl (C=O) groups is 1. The van der Waals surface area contributed by atoms with Crippen molar-refractivity contribution < 1.29 is 9.32 Å². The van der Waals surface area contributed by atoms with Gasteiger partial charge in [-0.05, 0) is 30.5 Å². The summed E-state index contributed by atoms with van der Waals surface area (Å²) < 4.78 is 6.00. The minimum atomic E-state index is -0.203. The molecule has 0 saturated heterocycles. The molecule has 2 aromatic rings. The Balaban J connectivity index is 2.18. The molecule has 2 rings (SSSR count). The van der Waals surface area contributed by atoms with Gasteiger partial charge < -0.3 is 4.52 Å². The molecule has 0 spiro atoms. The lowest BCUT2D eigenvalue weighted by Crippen LogP contribution is -2.13. The molecule has 0 bridgehead atoms. The molecule has 1 aromatic heterocycles. The van der Waals surface area contributed by atoms with Gasteiger partial charge in [0.15, 0.2) is 0 Å². The second-order valence-corrected chi connectivity index (χ2v) is 5.49. The summed E-state index contributed by atoms with van der Waals surface area (Å²) in [5.74, 6) is 0.431. The highest BCUT2D eigenvalue weighted by molar-refractivity contribution is 9.10. The molecule has 0 radical (unpaired) electrons. The van der Waals surface area contributed by atoms with Crippen LogP contribution in [0.5, 0.6) is 0 Å². The van der Waals surface area contributed by atoms with E-state index in [1.165, 1.54) is 0 Å². The lowest BCUT2D eigenvalue weighted by molar-refractivity contribution is 0.102. The Morgan fingerprint density at radius 3 is 2.79 bits per heavy atom. The third-order valence-corrected chi connectivity index (χ3v) is 3.73. The lowest BCUT2D eigenvalue weighted by atomic mass is 10.1. The first-order valence-electron chi connectivity index (χ1n) is 6.02. The Hall–Kier alpha value is -1.62. The fraction of sp³-hybridized carbons (Fsp3) is 0.286. The Labute approximate surface area is 120 Å². The molecule has 0 saturated carbocycles. The van der Waals surface area contributed by atoms with Gasteiger partial charge in [0.25, 0.3) is 5.91 Å². The number of carbonyl (C=O) groups excluding carboxylic acids is 1. The van der Waals surface area contributed by atoms with Gasteiger partial charge in [-0.3, -0.25) is 10.1 Å². The number of benzene rings is 1. The second kappa shape index (κ2) is 5.57. The van der Waals surface area contributed by atoms with Crippen molar-refractivity contribution in [2.24, 2.45) is 0 Å². The summed E-state index contributed by atoms with van der Waals surface area (Å²) in [6.45, 7) is 5.92. The molecule has 0 aliphatic rings. The summed E-state index contributed by atoms with van der Waals surface area (Å²) in [6.07, 6.45) is 0. The smallest absolute Gasteiger partial charge is 0.258 e. The van der Waals surface area contributed by atoms with Gasteiger partial charge in [0.1, 0.15) is 0 Å². The average Bonchev–Trinajstić information content (AvgIpc) is 2.81. The summed E-state index contributed by atoms with van der Waals surface area (Å²) in [7, 11) is 0. The highest BCUT2D eigenvalue weighted by Gasteiger charge is 2.14. The van der Waals surface area contributed by atoms with Gasteiger partial charge in [-0.2, -0.15) is 0 Å². The van der Waals surface area contributed by atoms with Crippen molar-refractivity contribution >= 4 is 27.7 Å². The zero-order chi connectivity index (χ0) is 14.0. The number of halogens is 1. The minimum absolute atomic E-state index is 0.203. The van der Waals surface area contributed by atoms with E-state index in [0.29, 0.717) is 11.4 Å². The molecule has 0 atom stereocenters. The largest absolute Gasteiger partial charge is 0.338 e. The highest BCUT2D eigenvalue weighted by atomic mass is 79.9. The van der Waals surface area contributed by atoms with Crippen molar-refractivity contribution in [3.05, 3.63) is 45.6 Å². The van der Waals surface area contributed by atoms with Gasteiger partial charge in [-0.25, -0.2) is 0 Å². The van der Waals surface area contributed by atoms with Crippen LogP contribution < -0.4 is 5.32 Å². The summed E-state index contributed by atoms with van der Waals surface area (Å²) in [5, 5.41) is 6.62. The van der Waals surface area contributed by atoms with Crippen LogP contribution in [0.1, 0.15) is 41.4 Å². The van der Waals surface area contributed by atoms with Crippen molar-refractivity contribution in [1.29, 1.82) is 0 Å². The molecule has 19 heavy (non-hydrogen) atoms. The van der Waals surface area contributed by atoms with Gasteiger partial charge in [-0.1, -0.05) is 41.0 Å². The molecule has 4 nitrogen and oxygen atoms in total. The van der Waals surface area contributed by atoms with Crippen LogP contribution >= 0.6 is 15.9 Å². The quantitative estimate of drug-likeness (QED) is 0.924. The molecule has 1 N–H and O–H groups in total. The molecule has 1 aromatic carbocycles. The van der Waals surface area contributed by atoms with Gasteiger partial charge >= 0.3 is 0 Å². The standard InChI is InChI=1S/C14H15BrN2O2/c1-8(2)12-7-13(19-17-12)16-14(18)10-5-4-6-11(15)9(10)3/h4-8H,1-3H3,(H,16,18). The van der Waals surface area contributed by atoms with Crippen LogP contribution in [0.2, 0.25) is 0 Å². The third-order valence-electron chi connectivity index (χ3n) is 2.87. The molecule has 5 heteroatoms. The predicted molar refractivity (Wildman–Crippen MR) is 77.4 cm³/mol. The van der Waals surface area contributed by atoms with E-state index in [-0.39, 0.29) is 11.8 Å². The number of hydrogen-bond donors (Lipinski definition) is 1. The second-order valence-electron chi connectivity index (χ2n) is 4.64. The fourth-order valence-electron chi connectivity index (χ4n) is 1.65. The van der Waals surface area contributed by atoms with Crippen molar-refractivity contribution in [2.75, 3.05) is 5.32 Å². The van der Waals surface area contributed by atoms with Crippen LogP contribution in [0.4, 0.5) is 5.88 Å². The van der Waals surface area contributed by atoms with Crippen LogP contribution in [0, 0.1) is 6.92 Å². The van der Waals surface area contributed by atoms with E-state index >= 15 is 0 Å². The molecular weight excluding hydrogens is 308 g/mol. The highest BCUT2D eigenvalue weighted by Crippen LogP contribution is 2.22. The van der Waals surface area contributed by atoms with Crippen LogP contribution in [-0.2, 0) is 0 Å². The zero-order valence-corrected chi connectivity index (χ0v) is 12.6.